The van der Waals surface area contributed by atoms with E-state index in [1.54, 1.807) is 4.90 Å². The average molecular weight is 451 g/mol. The Morgan fingerprint density at radius 2 is 1.56 bits per heavy atom. The van der Waals surface area contributed by atoms with E-state index in [1.165, 1.54) is 0 Å². The van der Waals surface area contributed by atoms with Crippen LogP contribution in [0.1, 0.15) is 45.9 Å². The van der Waals surface area contributed by atoms with Crippen LogP contribution in [0.2, 0.25) is 0 Å². The van der Waals surface area contributed by atoms with E-state index in [2.05, 4.69) is 0 Å². The van der Waals surface area contributed by atoms with Crippen LogP contribution >= 0.6 is 12.4 Å². The van der Waals surface area contributed by atoms with Gasteiger partial charge in [0.2, 0.25) is 0 Å². The van der Waals surface area contributed by atoms with Crippen molar-refractivity contribution in [2.75, 3.05) is 13.1 Å². The number of carbonyl (C=O) groups is 2. The number of likely N-dealkylation sites (tertiary alicyclic amines) is 1. The molecule has 0 aromatic heterocycles. The molecule has 3 aromatic rings. The fourth-order valence-electron chi connectivity index (χ4n) is 3.70. The van der Waals surface area contributed by atoms with Crippen LogP contribution in [0.4, 0.5) is 0 Å². The van der Waals surface area contributed by atoms with Crippen molar-refractivity contribution in [3.05, 3.63) is 101 Å². The first-order chi connectivity index (χ1) is 15.1. The van der Waals surface area contributed by atoms with Crippen molar-refractivity contribution in [1.82, 2.24) is 4.90 Å². The van der Waals surface area contributed by atoms with Gasteiger partial charge in [0.15, 0.2) is 0 Å². The third-order valence-corrected chi connectivity index (χ3v) is 5.59. The second-order valence-corrected chi connectivity index (χ2v) is 7.78. The zero-order valence-corrected chi connectivity index (χ0v) is 18.6. The van der Waals surface area contributed by atoms with E-state index in [0.29, 0.717) is 38.1 Å². The zero-order valence-electron chi connectivity index (χ0n) is 17.8. The quantitative estimate of drug-likeness (QED) is 0.598. The highest BCUT2D eigenvalue weighted by molar-refractivity contribution is 5.95. The van der Waals surface area contributed by atoms with Gasteiger partial charge in [-0.25, -0.2) is 0 Å². The first-order valence-corrected chi connectivity index (χ1v) is 10.5. The Labute approximate surface area is 194 Å². The van der Waals surface area contributed by atoms with E-state index in [4.69, 9.17) is 10.5 Å². The summed E-state index contributed by atoms with van der Waals surface area (Å²) in [5, 5.41) is 0. The Kier molecular flexibility index (Phi) is 8.03. The minimum Gasteiger partial charge on any atom is -0.489 e. The normalized spacial score (nSPS) is 14.4. The van der Waals surface area contributed by atoms with E-state index >= 15 is 0 Å². The van der Waals surface area contributed by atoms with Crippen molar-refractivity contribution in [1.29, 1.82) is 0 Å². The number of nitrogens with zero attached hydrogens (tertiary/aromatic N) is 1. The number of ether oxygens (including phenoxy) is 1. The van der Waals surface area contributed by atoms with Gasteiger partial charge in [-0.3, -0.25) is 9.59 Å². The molecule has 4 rings (SSSR count). The van der Waals surface area contributed by atoms with E-state index in [9.17, 15) is 9.59 Å². The number of nitrogens with two attached hydrogens (primary N) is 1. The van der Waals surface area contributed by atoms with Gasteiger partial charge in [0.25, 0.3) is 5.91 Å². The first kappa shape index (κ1) is 23.5. The van der Waals surface area contributed by atoms with E-state index in [1.807, 2.05) is 78.9 Å². The molecule has 166 valence electrons. The lowest BCUT2D eigenvalue weighted by Crippen LogP contribution is -2.38. The first-order valence-electron chi connectivity index (χ1n) is 10.5. The fourth-order valence-corrected chi connectivity index (χ4v) is 3.70. The molecule has 3 aromatic carbocycles. The molecule has 0 aliphatic carbocycles. The lowest BCUT2D eigenvalue weighted by Gasteiger charge is -2.26. The highest BCUT2D eigenvalue weighted by Crippen LogP contribution is 2.24. The Hall–Kier alpha value is -3.15. The number of Topliss-reactive ketones (excluding diaryl/α,β-unsaturated/α-hetero) is 1. The smallest absolute Gasteiger partial charge is 0.253 e. The second kappa shape index (κ2) is 10.9. The standard InChI is InChI=1S/C26H26N2O3.ClH/c27-25(20-5-2-1-3-6-20)22-7-4-8-24(17-22)31-18-19-9-11-21(12-10-19)26(30)28-15-13-23(29)14-16-28;/h1-12,17,25H,13-16,18,27H2;1H. The fraction of sp³-hybridized carbons (Fsp3) is 0.231. The lowest BCUT2D eigenvalue weighted by molar-refractivity contribution is -0.120. The summed E-state index contributed by atoms with van der Waals surface area (Å²) in [6.45, 7) is 1.41. The minimum absolute atomic E-state index is 0. The van der Waals surface area contributed by atoms with Crippen molar-refractivity contribution in [2.24, 2.45) is 5.73 Å². The topological polar surface area (TPSA) is 72.6 Å². The van der Waals surface area contributed by atoms with Crippen LogP contribution in [0.25, 0.3) is 0 Å². The molecule has 32 heavy (non-hydrogen) atoms. The van der Waals surface area contributed by atoms with Gasteiger partial charge in [0, 0.05) is 31.5 Å². The summed E-state index contributed by atoms with van der Waals surface area (Å²) in [5.74, 6) is 0.954. The number of hydrogen-bond donors (Lipinski definition) is 1. The zero-order chi connectivity index (χ0) is 21.6. The summed E-state index contributed by atoms with van der Waals surface area (Å²) in [5.41, 5.74) is 10.0. The number of carbonyl (C=O) groups excluding carboxylic acids is 2. The summed E-state index contributed by atoms with van der Waals surface area (Å²) in [4.78, 5) is 25.7. The summed E-state index contributed by atoms with van der Waals surface area (Å²) < 4.78 is 5.96. The lowest BCUT2D eigenvalue weighted by atomic mass is 10.00. The number of ketones is 1. The molecular formula is C26H27ClN2O3. The molecule has 1 aliphatic rings. The molecule has 1 unspecified atom stereocenters. The van der Waals surface area contributed by atoms with Crippen molar-refractivity contribution >= 4 is 24.1 Å². The van der Waals surface area contributed by atoms with Gasteiger partial charge in [-0.2, -0.15) is 0 Å². The number of piperidine rings is 1. The summed E-state index contributed by atoms with van der Waals surface area (Å²) in [6.07, 6.45) is 0.898. The van der Waals surface area contributed by atoms with Crippen LogP contribution in [0.3, 0.4) is 0 Å². The molecule has 1 fully saturated rings. The van der Waals surface area contributed by atoms with Crippen molar-refractivity contribution in [3.63, 3.8) is 0 Å². The van der Waals surface area contributed by atoms with Gasteiger partial charge in [0.1, 0.15) is 18.1 Å². The van der Waals surface area contributed by atoms with Gasteiger partial charge in [-0.15, -0.1) is 12.4 Å². The van der Waals surface area contributed by atoms with Gasteiger partial charge in [-0.1, -0.05) is 54.6 Å². The van der Waals surface area contributed by atoms with Gasteiger partial charge in [0.05, 0.1) is 6.04 Å². The number of halogens is 1. The molecule has 0 saturated carbocycles. The maximum Gasteiger partial charge on any atom is 0.253 e. The molecule has 2 N–H and O–H groups in total. The predicted octanol–water partition coefficient (Wildman–Crippen LogP) is 4.54. The third-order valence-electron chi connectivity index (χ3n) is 5.59. The SMILES string of the molecule is Cl.NC(c1ccccc1)c1cccc(OCc2ccc(C(=O)N3CCC(=O)CC3)cc2)c1. The minimum atomic E-state index is -0.208. The van der Waals surface area contributed by atoms with Gasteiger partial charge in [-0.05, 0) is 41.0 Å². The Balaban J connectivity index is 0.00000289. The number of hydrogen-bond acceptors (Lipinski definition) is 4. The highest BCUT2D eigenvalue weighted by atomic mass is 35.5. The number of benzene rings is 3. The summed E-state index contributed by atoms with van der Waals surface area (Å²) >= 11 is 0. The molecule has 1 amide bonds. The molecule has 0 spiro atoms. The Bertz CT molecular complexity index is 1040. The predicted molar refractivity (Wildman–Crippen MR) is 127 cm³/mol. The number of amides is 1. The molecular weight excluding hydrogens is 424 g/mol. The molecule has 1 aliphatic heterocycles. The van der Waals surface area contributed by atoms with Crippen LogP contribution < -0.4 is 10.5 Å². The molecule has 1 atom stereocenters. The largest absolute Gasteiger partial charge is 0.489 e. The summed E-state index contributed by atoms with van der Waals surface area (Å²) in [7, 11) is 0. The maximum absolute atomic E-state index is 12.6. The van der Waals surface area contributed by atoms with Crippen molar-refractivity contribution in [2.45, 2.75) is 25.5 Å². The Morgan fingerprint density at radius 1 is 0.906 bits per heavy atom. The molecule has 1 saturated heterocycles. The average Bonchev–Trinajstić information content (AvgIpc) is 2.83. The molecule has 6 heteroatoms. The van der Waals surface area contributed by atoms with E-state index in [0.717, 1.165) is 22.4 Å². The van der Waals surface area contributed by atoms with Crippen LogP contribution in [0, 0.1) is 0 Å². The molecule has 1 heterocycles. The highest BCUT2D eigenvalue weighted by Gasteiger charge is 2.21. The second-order valence-electron chi connectivity index (χ2n) is 7.78. The Morgan fingerprint density at radius 3 is 2.25 bits per heavy atom. The van der Waals surface area contributed by atoms with E-state index < -0.39 is 0 Å². The van der Waals surface area contributed by atoms with Gasteiger partial charge < -0.3 is 15.4 Å². The van der Waals surface area contributed by atoms with Crippen LogP contribution in [-0.2, 0) is 11.4 Å². The van der Waals surface area contributed by atoms with Crippen molar-refractivity contribution in [3.8, 4) is 5.75 Å². The molecule has 0 bridgehead atoms. The summed E-state index contributed by atoms with van der Waals surface area (Å²) in [6, 6.07) is 25.0. The van der Waals surface area contributed by atoms with Crippen LogP contribution in [-0.4, -0.2) is 29.7 Å². The number of rotatable bonds is 6. The van der Waals surface area contributed by atoms with E-state index in [-0.39, 0.29) is 30.1 Å². The third kappa shape index (κ3) is 5.75. The van der Waals surface area contributed by atoms with Crippen LogP contribution in [0.5, 0.6) is 5.75 Å². The monoisotopic (exact) mass is 450 g/mol. The van der Waals surface area contributed by atoms with Gasteiger partial charge >= 0.3 is 0 Å². The van der Waals surface area contributed by atoms with Crippen molar-refractivity contribution < 1.29 is 14.3 Å². The molecule has 5 nitrogen and oxygen atoms in total. The van der Waals surface area contributed by atoms with Crippen LogP contribution in [0.15, 0.2) is 78.9 Å². The molecule has 0 radical (unpaired) electrons. The maximum atomic E-state index is 12.6.